The van der Waals surface area contributed by atoms with Crippen LogP contribution in [0.2, 0.25) is 0 Å². The van der Waals surface area contributed by atoms with Crippen molar-refractivity contribution < 1.29 is 19.1 Å². The highest BCUT2D eigenvalue weighted by Gasteiger charge is 2.34. The topological polar surface area (TPSA) is 94.6 Å². The van der Waals surface area contributed by atoms with Crippen molar-refractivity contribution >= 4 is 23.2 Å². The molecule has 3 heterocycles. The Morgan fingerprint density at radius 3 is 2.68 bits per heavy atom. The molecule has 2 aromatic carbocycles. The van der Waals surface area contributed by atoms with Gasteiger partial charge in [0.1, 0.15) is 10.8 Å². The third-order valence-corrected chi connectivity index (χ3v) is 8.48. The number of nitrogens with one attached hydrogen (secondary N) is 2. The molecule has 2 amide bonds. The number of benzene rings is 2. The molecular weight excluding hydrogens is 503 g/mol. The Balaban J connectivity index is 1.32. The van der Waals surface area contributed by atoms with Crippen LogP contribution in [0.25, 0.3) is 0 Å². The number of aromatic nitrogens is 1. The quantitative estimate of drug-likeness (QED) is 0.404. The molecule has 0 unspecified atom stereocenters. The second-order valence-electron chi connectivity index (χ2n) is 10.2. The van der Waals surface area contributed by atoms with Gasteiger partial charge >= 0.3 is 0 Å². The van der Waals surface area contributed by atoms with Gasteiger partial charge in [0.2, 0.25) is 0 Å². The Morgan fingerprint density at radius 1 is 1.18 bits per heavy atom. The summed E-state index contributed by atoms with van der Waals surface area (Å²) in [6.07, 6.45) is 3.10. The first-order valence-electron chi connectivity index (χ1n) is 13.2. The molecule has 200 valence electrons. The number of hydrogen-bond acceptors (Lipinski definition) is 6. The number of likely N-dealkylation sites (tertiary alicyclic amines) is 1. The van der Waals surface area contributed by atoms with Crippen molar-refractivity contribution in [3.05, 3.63) is 87.1 Å². The lowest BCUT2D eigenvalue weighted by Gasteiger charge is -2.29. The van der Waals surface area contributed by atoms with Gasteiger partial charge in [-0.25, -0.2) is 9.37 Å². The van der Waals surface area contributed by atoms with Crippen LogP contribution in [0, 0.1) is 12.7 Å². The lowest BCUT2D eigenvalue weighted by molar-refractivity contribution is 0.0733. The number of halogens is 1. The van der Waals surface area contributed by atoms with Crippen molar-refractivity contribution in [3.8, 4) is 0 Å². The lowest BCUT2D eigenvalue weighted by atomic mass is 9.95. The summed E-state index contributed by atoms with van der Waals surface area (Å²) in [6, 6.07) is 12.1. The first-order valence-corrected chi connectivity index (χ1v) is 14.1. The first-order chi connectivity index (χ1) is 18.4. The van der Waals surface area contributed by atoms with E-state index in [1.165, 1.54) is 12.1 Å². The van der Waals surface area contributed by atoms with Crippen LogP contribution in [-0.2, 0) is 6.42 Å². The van der Waals surface area contributed by atoms with Crippen molar-refractivity contribution in [2.24, 2.45) is 0 Å². The Hall–Kier alpha value is -3.14. The lowest BCUT2D eigenvalue weighted by Crippen LogP contribution is -2.52. The zero-order valence-electron chi connectivity index (χ0n) is 21.4. The molecule has 0 saturated carbocycles. The van der Waals surface area contributed by atoms with Crippen molar-refractivity contribution in [1.29, 1.82) is 0 Å². The average molecular weight is 537 g/mol. The number of carbonyl (C=O) groups is 2. The van der Waals surface area contributed by atoms with Gasteiger partial charge in [0.15, 0.2) is 0 Å². The molecule has 9 heteroatoms. The normalized spacial score (nSPS) is 20.9. The minimum absolute atomic E-state index is 0.0483. The molecule has 0 bridgehead atoms. The minimum atomic E-state index is -0.816. The van der Waals surface area contributed by atoms with Crippen LogP contribution in [0.1, 0.15) is 68.7 Å². The van der Waals surface area contributed by atoms with E-state index in [4.69, 9.17) is 0 Å². The van der Waals surface area contributed by atoms with Crippen LogP contribution < -0.4 is 10.6 Å². The van der Waals surface area contributed by atoms with E-state index in [-0.39, 0.29) is 29.7 Å². The largest absolute Gasteiger partial charge is 0.389 e. The third-order valence-electron chi connectivity index (χ3n) is 7.42. The second kappa shape index (κ2) is 11.7. The van der Waals surface area contributed by atoms with E-state index in [0.29, 0.717) is 24.1 Å². The molecule has 38 heavy (non-hydrogen) atoms. The van der Waals surface area contributed by atoms with Crippen molar-refractivity contribution in [2.45, 2.75) is 63.3 Å². The van der Waals surface area contributed by atoms with Crippen molar-refractivity contribution in [1.82, 2.24) is 20.5 Å². The summed E-state index contributed by atoms with van der Waals surface area (Å²) >= 11 is 1.57. The number of aliphatic hydroxyl groups excluding tert-OH is 1. The molecule has 0 spiro atoms. The minimum Gasteiger partial charge on any atom is -0.389 e. The number of thiazole rings is 1. The van der Waals surface area contributed by atoms with E-state index in [1.807, 2.05) is 17.2 Å². The van der Waals surface area contributed by atoms with Gasteiger partial charge in [-0.05, 0) is 81.5 Å². The third kappa shape index (κ3) is 5.95. The Morgan fingerprint density at radius 2 is 1.97 bits per heavy atom. The van der Waals surface area contributed by atoms with Gasteiger partial charge in [0.25, 0.3) is 11.8 Å². The Labute approximate surface area is 226 Å². The average Bonchev–Trinajstić information content (AvgIpc) is 3.71. The van der Waals surface area contributed by atoms with Crippen LogP contribution in [0.15, 0.2) is 53.9 Å². The first kappa shape index (κ1) is 26.5. The molecule has 3 N–H and O–H groups in total. The van der Waals surface area contributed by atoms with E-state index >= 15 is 0 Å². The second-order valence-corrected chi connectivity index (χ2v) is 11.1. The molecular formula is C29H33FN4O3S. The summed E-state index contributed by atoms with van der Waals surface area (Å²) < 4.78 is 13.4. The highest BCUT2D eigenvalue weighted by atomic mass is 32.1. The monoisotopic (exact) mass is 536 g/mol. The summed E-state index contributed by atoms with van der Waals surface area (Å²) in [5, 5.41) is 20.4. The number of carbonyl (C=O) groups excluding carboxylic acids is 2. The highest BCUT2D eigenvalue weighted by Crippen LogP contribution is 2.34. The predicted molar refractivity (Wildman–Crippen MR) is 145 cm³/mol. The van der Waals surface area contributed by atoms with E-state index in [1.54, 1.807) is 47.7 Å². The summed E-state index contributed by atoms with van der Waals surface area (Å²) in [4.78, 5) is 33.3. The molecule has 1 aromatic heterocycles. The summed E-state index contributed by atoms with van der Waals surface area (Å²) in [7, 11) is 0. The SMILES string of the molecule is Cc1csc([C@H]2CCCN2C(=O)c2cccc(C(=O)N[C@@H](Cc3ccc(F)cc3)[C@@H](O)[C@H]3CCCN3)c2)n1. The summed E-state index contributed by atoms with van der Waals surface area (Å²) in [5.74, 6) is -0.815. The van der Waals surface area contributed by atoms with E-state index < -0.39 is 12.1 Å². The number of amides is 2. The molecule has 0 radical (unpaired) electrons. The molecule has 2 saturated heterocycles. The van der Waals surface area contributed by atoms with Crippen LogP contribution >= 0.6 is 11.3 Å². The van der Waals surface area contributed by atoms with Gasteiger partial charge < -0.3 is 20.6 Å². The molecule has 3 aromatic rings. The molecule has 0 aliphatic carbocycles. The Bertz CT molecular complexity index is 1270. The van der Waals surface area contributed by atoms with E-state index in [0.717, 1.165) is 48.5 Å². The molecule has 2 aliphatic heterocycles. The van der Waals surface area contributed by atoms with Crippen LogP contribution in [-0.4, -0.2) is 58.1 Å². The number of nitrogens with zero attached hydrogens (tertiary/aromatic N) is 2. The highest BCUT2D eigenvalue weighted by molar-refractivity contribution is 7.09. The fourth-order valence-electron chi connectivity index (χ4n) is 5.42. The van der Waals surface area contributed by atoms with Crippen LogP contribution in [0.3, 0.4) is 0 Å². The van der Waals surface area contributed by atoms with Crippen LogP contribution in [0.4, 0.5) is 4.39 Å². The fourth-order valence-corrected chi connectivity index (χ4v) is 6.36. The summed E-state index contributed by atoms with van der Waals surface area (Å²) in [6.45, 7) is 3.42. The number of rotatable bonds is 8. The zero-order valence-corrected chi connectivity index (χ0v) is 22.2. The van der Waals surface area contributed by atoms with Gasteiger partial charge in [0, 0.05) is 34.8 Å². The molecule has 4 atom stereocenters. The van der Waals surface area contributed by atoms with Gasteiger partial charge in [-0.3, -0.25) is 9.59 Å². The van der Waals surface area contributed by atoms with Gasteiger partial charge in [0.05, 0.1) is 18.2 Å². The molecule has 7 nitrogen and oxygen atoms in total. The Kier molecular flexibility index (Phi) is 8.16. The van der Waals surface area contributed by atoms with E-state index in [9.17, 15) is 19.1 Å². The zero-order chi connectivity index (χ0) is 26.6. The van der Waals surface area contributed by atoms with E-state index in [2.05, 4.69) is 15.6 Å². The molecule has 2 aliphatic rings. The maximum absolute atomic E-state index is 13.5. The fraction of sp³-hybridized carbons (Fsp3) is 0.414. The smallest absolute Gasteiger partial charge is 0.254 e. The number of aliphatic hydroxyl groups is 1. The van der Waals surface area contributed by atoms with Crippen LogP contribution in [0.5, 0.6) is 0 Å². The predicted octanol–water partition coefficient (Wildman–Crippen LogP) is 4.02. The van der Waals surface area contributed by atoms with Gasteiger partial charge in [-0.15, -0.1) is 11.3 Å². The van der Waals surface area contributed by atoms with Crippen molar-refractivity contribution in [2.75, 3.05) is 13.1 Å². The van der Waals surface area contributed by atoms with Gasteiger partial charge in [-0.1, -0.05) is 18.2 Å². The van der Waals surface area contributed by atoms with Gasteiger partial charge in [-0.2, -0.15) is 0 Å². The number of aryl methyl sites for hydroxylation is 1. The molecule has 5 rings (SSSR count). The maximum Gasteiger partial charge on any atom is 0.254 e. The number of hydrogen-bond donors (Lipinski definition) is 3. The van der Waals surface area contributed by atoms with Crippen molar-refractivity contribution in [3.63, 3.8) is 0 Å². The standard InChI is InChI=1S/C29H33FN4O3S/c1-18-17-38-28(32-18)25-8-4-14-34(25)29(37)21-6-2-5-20(16-21)27(36)33-24(26(35)23-7-3-13-31-23)15-19-9-11-22(30)12-10-19/h2,5-6,9-12,16-17,23-26,31,35H,3-4,7-8,13-15H2,1H3,(H,33,36)/t23-,24+,25-,26+/m1/s1. The maximum atomic E-state index is 13.5. The molecule has 2 fully saturated rings. The summed E-state index contributed by atoms with van der Waals surface area (Å²) in [5.41, 5.74) is 2.57.